The molecule has 0 atom stereocenters. The molecule has 20 heavy (non-hydrogen) atoms. The van der Waals surface area contributed by atoms with Crippen LogP contribution in [0, 0.1) is 0 Å². The fourth-order valence-electron chi connectivity index (χ4n) is 2.53. The second kappa shape index (κ2) is 8.58. The van der Waals surface area contributed by atoms with Crippen LogP contribution in [0.25, 0.3) is 0 Å². The molecule has 0 saturated heterocycles. The van der Waals surface area contributed by atoms with Gasteiger partial charge in [0.2, 0.25) is 5.91 Å². The highest BCUT2D eigenvalue weighted by Crippen LogP contribution is 2.27. The Hall–Kier alpha value is -0.670. The summed E-state index contributed by atoms with van der Waals surface area (Å²) in [5.41, 5.74) is 0.895. The standard InChI is InChI=1S/C16H22ClNOS/c17-15-9-5-4-6-13(15)12-16(19)18-10-11-20-14-7-2-1-3-8-14/h4-6,9,14H,1-3,7-8,10-12H2,(H,18,19). The van der Waals surface area contributed by atoms with Gasteiger partial charge in [0.05, 0.1) is 6.42 Å². The highest BCUT2D eigenvalue weighted by molar-refractivity contribution is 7.99. The van der Waals surface area contributed by atoms with Crippen molar-refractivity contribution >= 4 is 29.3 Å². The molecule has 0 heterocycles. The first-order valence-electron chi connectivity index (χ1n) is 7.37. The normalized spacial score (nSPS) is 16.1. The van der Waals surface area contributed by atoms with Gasteiger partial charge in [0.15, 0.2) is 0 Å². The molecule has 0 bridgehead atoms. The molecule has 2 nitrogen and oxygen atoms in total. The molecule has 0 radical (unpaired) electrons. The van der Waals surface area contributed by atoms with E-state index in [-0.39, 0.29) is 5.91 Å². The molecular weight excluding hydrogens is 290 g/mol. The van der Waals surface area contributed by atoms with Crippen molar-refractivity contribution in [2.45, 2.75) is 43.8 Å². The molecule has 0 spiro atoms. The molecule has 1 amide bonds. The summed E-state index contributed by atoms with van der Waals surface area (Å²) in [6, 6.07) is 7.51. The van der Waals surface area contributed by atoms with E-state index in [0.717, 1.165) is 23.1 Å². The van der Waals surface area contributed by atoms with E-state index in [1.807, 2.05) is 36.0 Å². The Kier molecular flexibility index (Phi) is 6.74. The Labute approximate surface area is 130 Å². The van der Waals surface area contributed by atoms with Gasteiger partial charge >= 0.3 is 0 Å². The maximum atomic E-state index is 11.8. The zero-order valence-electron chi connectivity index (χ0n) is 11.7. The van der Waals surface area contributed by atoms with Crippen LogP contribution in [0.1, 0.15) is 37.7 Å². The molecule has 1 saturated carbocycles. The first-order valence-corrected chi connectivity index (χ1v) is 8.80. The van der Waals surface area contributed by atoms with Crippen LogP contribution >= 0.6 is 23.4 Å². The van der Waals surface area contributed by atoms with Gasteiger partial charge in [0, 0.05) is 22.6 Å². The third kappa shape index (κ3) is 5.37. The maximum Gasteiger partial charge on any atom is 0.224 e. The number of hydrogen-bond acceptors (Lipinski definition) is 2. The molecule has 0 unspecified atom stereocenters. The van der Waals surface area contributed by atoms with Crippen molar-refractivity contribution in [2.75, 3.05) is 12.3 Å². The van der Waals surface area contributed by atoms with E-state index in [0.29, 0.717) is 11.4 Å². The second-order valence-electron chi connectivity index (χ2n) is 5.25. The topological polar surface area (TPSA) is 29.1 Å². The van der Waals surface area contributed by atoms with Gasteiger partial charge in [-0.3, -0.25) is 4.79 Å². The Morgan fingerprint density at radius 3 is 2.75 bits per heavy atom. The van der Waals surface area contributed by atoms with Crippen LogP contribution in [0.2, 0.25) is 5.02 Å². The van der Waals surface area contributed by atoms with Crippen LogP contribution in [0.3, 0.4) is 0 Å². The van der Waals surface area contributed by atoms with Gasteiger partial charge in [-0.15, -0.1) is 0 Å². The molecule has 0 aromatic heterocycles. The average Bonchev–Trinajstić information content (AvgIpc) is 2.47. The van der Waals surface area contributed by atoms with Gasteiger partial charge in [-0.05, 0) is 24.5 Å². The molecule has 1 aromatic carbocycles. The van der Waals surface area contributed by atoms with Crippen LogP contribution in [0.5, 0.6) is 0 Å². The minimum absolute atomic E-state index is 0.0577. The van der Waals surface area contributed by atoms with E-state index in [2.05, 4.69) is 5.32 Å². The Balaban J connectivity index is 1.61. The lowest BCUT2D eigenvalue weighted by Crippen LogP contribution is -2.28. The van der Waals surface area contributed by atoms with Gasteiger partial charge in [-0.2, -0.15) is 11.8 Å². The van der Waals surface area contributed by atoms with Crippen molar-refractivity contribution in [3.8, 4) is 0 Å². The van der Waals surface area contributed by atoms with Gasteiger partial charge in [-0.1, -0.05) is 49.1 Å². The van der Waals surface area contributed by atoms with E-state index in [4.69, 9.17) is 11.6 Å². The van der Waals surface area contributed by atoms with Gasteiger partial charge < -0.3 is 5.32 Å². The molecule has 1 N–H and O–H groups in total. The van der Waals surface area contributed by atoms with E-state index in [1.54, 1.807) is 0 Å². The van der Waals surface area contributed by atoms with E-state index in [9.17, 15) is 4.79 Å². The molecule has 1 aromatic rings. The average molecular weight is 312 g/mol. The number of nitrogens with one attached hydrogen (secondary N) is 1. The number of rotatable bonds is 6. The largest absolute Gasteiger partial charge is 0.355 e. The van der Waals surface area contributed by atoms with Gasteiger partial charge in [-0.25, -0.2) is 0 Å². The number of hydrogen-bond donors (Lipinski definition) is 1. The fraction of sp³-hybridized carbons (Fsp3) is 0.562. The number of carbonyl (C=O) groups excluding carboxylic acids is 1. The number of thioether (sulfide) groups is 1. The first kappa shape index (κ1) is 15.7. The van der Waals surface area contributed by atoms with E-state index < -0.39 is 0 Å². The minimum atomic E-state index is 0.0577. The summed E-state index contributed by atoms with van der Waals surface area (Å²) in [4.78, 5) is 11.8. The summed E-state index contributed by atoms with van der Waals surface area (Å²) in [6.07, 6.45) is 7.20. The smallest absolute Gasteiger partial charge is 0.224 e. The van der Waals surface area contributed by atoms with Crippen LogP contribution in [-0.2, 0) is 11.2 Å². The van der Waals surface area contributed by atoms with Crippen molar-refractivity contribution in [3.05, 3.63) is 34.9 Å². The number of carbonyl (C=O) groups is 1. The Morgan fingerprint density at radius 2 is 2.00 bits per heavy atom. The van der Waals surface area contributed by atoms with Gasteiger partial charge in [0.1, 0.15) is 0 Å². The monoisotopic (exact) mass is 311 g/mol. The third-order valence-corrected chi connectivity index (χ3v) is 5.39. The third-order valence-electron chi connectivity index (χ3n) is 3.64. The molecule has 2 rings (SSSR count). The number of halogens is 1. The van der Waals surface area contributed by atoms with Crippen LogP contribution < -0.4 is 5.32 Å². The molecule has 1 fully saturated rings. The Morgan fingerprint density at radius 1 is 1.25 bits per heavy atom. The fourth-order valence-corrected chi connectivity index (χ4v) is 3.95. The van der Waals surface area contributed by atoms with Crippen LogP contribution in [0.15, 0.2) is 24.3 Å². The Bertz CT molecular complexity index is 432. The first-order chi connectivity index (χ1) is 9.75. The summed E-state index contributed by atoms with van der Waals surface area (Å²) >= 11 is 8.06. The highest BCUT2D eigenvalue weighted by Gasteiger charge is 2.13. The molecule has 1 aliphatic carbocycles. The molecule has 4 heteroatoms. The SMILES string of the molecule is O=C(Cc1ccccc1Cl)NCCSC1CCCCC1. The van der Waals surface area contributed by atoms with Crippen molar-refractivity contribution in [3.63, 3.8) is 0 Å². The lowest BCUT2D eigenvalue weighted by molar-refractivity contribution is -0.120. The summed E-state index contributed by atoms with van der Waals surface area (Å²) in [7, 11) is 0. The molecular formula is C16H22ClNOS. The predicted molar refractivity (Wildman–Crippen MR) is 87.5 cm³/mol. The molecule has 110 valence electrons. The lowest BCUT2D eigenvalue weighted by atomic mass is 10.0. The summed E-state index contributed by atoms with van der Waals surface area (Å²) in [6.45, 7) is 0.754. The highest BCUT2D eigenvalue weighted by atomic mass is 35.5. The number of amides is 1. The predicted octanol–water partition coefficient (Wildman–Crippen LogP) is 4.06. The van der Waals surface area contributed by atoms with Crippen LogP contribution in [-0.4, -0.2) is 23.5 Å². The zero-order valence-corrected chi connectivity index (χ0v) is 13.3. The van der Waals surface area contributed by atoms with Crippen molar-refractivity contribution in [1.82, 2.24) is 5.32 Å². The maximum absolute atomic E-state index is 11.8. The van der Waals surface area contributed by atoms with Crippen molar-refractivity contribution < 1.29 is 4.79 Å². The quantitative estimate of drug-likeness (QED) is 0.803. The van der Waals surface area contributed by atoms with Gasteiger partial charge in [0.25, 0.3) is 0 Å². The summed E-state index contributed by atoms with van der Waals surface area (Å²) in [5, 5.41) is 4.45. The van der Waals surface area contributed by atoms with Crippen molar-refractivity contribution in [1.29, 1.82) is 0 Å². The van der Waals surface area contributed by atoms with Crippen LogP contribution in [0.4, 0.5) is 0 Å². The molecule has 1 aliphatic rings. The minimum Gasteiger partial charge on any atom is -0.355 e. The zero-order chi connectivity index (χ0) is 14.2. The van der Waals surface area contributed by atoms with E-state index >= 15 is 0 Å². The summed E-state index contributed by atoms with van der Waals surface area (Å²) < 4.78 is 0. The number of benzene rings is 1. The second-order valence-corrected chi connectivity index (χ2v) is 7.06. The summed E-state index contributed by atoms with van der Waals surface area (Å²) in [5.74, 6) is 1.07. The van der Waals surface area contributed by atoms with Crippen molar-refractivity contribution in [2.24, 2.45) is 0 Å². The molecule has 0 aliphatic heterocycles. The van der Waals surface area contributed by atoms with E-state index in [1.165, 1.54) is 32.1 Å². The lowest BCUT2D eigenvalue weighted by Gasteiger charge is -2.20.